The fraction of sp³-hybridized carbons (Fsp3) is 0. The summed E-state index contributed by atoms with van der Waals surface area (Å²) in [4.78, 5) is 8.24. The molecule has 4 heteroatoms. The van der Waals surface area contributed by atoms with Crippen LogP contribution in [-0.4, -0.2) is 14.5 Å². The van der Waals surface area contributed by atoms with Gasteiger partial charge in [-0.05, 0) is 0 Å². The van der Waals surface area contributed by atoms with Crippen LogP contribution >= 0.6 is 22.9 Å². The van der Waals surface area contributed by atoms with Gasteiger partial charge in [0.25, 0.3) is 0 Å². The van der Waals surface area contributed by atoms with E-state index in [1.54, 1.807) is 11.3 Å². The Morgan fingerprint density at radius 2 is 1.68 bits per heavy atom. The first-order valence-electron chi connectivity index (χ1n) is 5.75. The van der Waals surface area contributed by atoms with E-state index >= 15 is 0 Å². The standard InChI is InChI=1S/C15H10ClNSSe/c16-12-8-6-11(7-9-12)14-10-19-15(18-14)17-13-4-2-1-3-5-13/h1-10H. The molecule has 1 aromatic heterocycles. The van der Waals surface area contributed by atoms with Gasteiger partial charge >= 0.3 is 127 Å². The molecular formula is C15H10ClNSSe. The summed E-state index contributed by atoms with van der Waals surface area (Å²) < 4.78 is 1.20. The predicted octanol–water partition coefficient (Wildman–Crippen LogP) is 4.36. The summed E-state index contributed by atoms with van der Waals surface area (Å²) in [5, 5.41) is 0.774. The van der Waals surface area contributed by atoms with Crippen molar-refractivity contribution in [3.8, 4) is 10.4 Å². The van der Waals surface area contributed by atoms with E-state index in [4.69, 9.17) is 11.6 Å². The Morgan fingerprint density at radius 3 is 2.42 bits per heavy atom. The quantitative estimate of drug-likeness (QED) is 0.609. The summed E-state index contributed by atoms with van der Waals surface area (Å²) >= 11 is 8.00. The van der Waals surface area contributed by atoms with Crippen LogP contribution in [0.5, 0.6) is 0 Å². The van der Waals surface area contributed by atoms with Crippen LogP contribution in [0, 0.1) is 0 Å². The number of para-hydroxylation sites is 1. The zero-order valence-electron chi connectivity index (χ0n) is 9.92. The second-order valence-corrected chi connectivity index (χ2v) is 7.77. The SMILES string of the molecule is Clc1ccc(-c2c[se]c(=Nc3ccccc3)s2)cc1. The van der Waals surface area contributed by atoms with Crippen LogP contribution in [0.2, 0.25) is 5.02 Å². The summed E-state index contributed by atoms with van der Waals surface area (Å²) in [5.74, 6) is 0. The monoisotopic (exact) mass is 351 g/mol. The molecule has 0 aliphatic heterocycles. The first kappa shape index (κ1) is 12.9. The van der Waals surface area contributed by atoms with E-state index in [2.05, 4.69) is 22.1 Å². The molecule has 1 nitrogen and oxygen atoms in total. The van der Waals surface area contributed by atoms with E-state index < -0.39 is 0 Å². The molecule has 0 radical (unpaired) electrons. The van der Waals surface area contributed by atoms with Crippen molar-refractivity contribution >= 4 is 43.1 Å². The molecule has 3 aromatic rings. The van der Waals surface area contributed by atoms with Gasteiger partial charge in [-0.15, -0.1) is 0 Å². The summed E-state index contributed by atoms with van der Waals surface area (Å²) in [6.07, 6.45) is 0. The maximum atomic E-state index is 5.91. The Morgan fingerprint density at radius 1 is 0.947 bits per heavy atom. The van der Waals surface area contributed by atoms with Gasteiger partial charge in [0, 0.05) is 0 Å². The molecule has 0 atom stereocenters. The van der Waals surface area contributed by atoms with E-state index in [9.17, 15) is 0 Å². The van der Waals surface area contributed by atoms with Crippen molar-refractivity contribution in [1.82, 2.24) is 0 Å². The van der Waals surface area contributed by atoms with Crippen LogP contribution in [0.4, 0.5) is 5.69 Å². The van der Waals surface area contributed by atoms with Crippen molar-refractivity contribution in [3.05, 3.63) is 68.1 Å². The second-order valence-electron chi connectivity index (χ2n) is 3.92. The van der Waals surface area contributed by atoms with Gasteiger partial charge < -0.3 is 0 Å². The van der Waals surface area contributed by atoms with Crippen molar-refractivity contribution in [2.24, 2.45) is 4.99 Å². The number of hydrogen-bond donors (Lipinski definition) is 0. The fourth-order valence-corrected chi connectivity index (χ4v) is 5.18. The average Bonchev–Trinajstić information content (AvgIpc) is 2.89. The zero-order valence-corrected chi connectivity index (χ0v) is 13.2. The van der Waals surface area contributed by atoms with E-state index in [0.29, 0.717) is 14.5 Å². The van der Waals surface area contributed by atoms with Gasteiger partial charge in [-0.1, -0.05) is 0 Å². The van der Waals surface area contributed by atoms with Gasteiger partial charge in [0.05, 0.1) is 0 Å². The Balaban J connectivity index is 1.96. The zero-order chi connectivity index (χ0) is 13.1. The van der Waals surface area contributed by atoms with Gasteiger partial charge in [-0.3, -0.25) is 0 Å². The van der Waals surface area contributed by atoms with Gasteiger partial charge in [-0.2, -0.15) is 0 Å². The van der Waals surface area contributed by atoms with Crippen molar-refractivity contribution < 1.29 is 0 Å². The Labute approximate surface area is 126 Å². The van der Waals surface area contributed by atoms with E-state index in [0.717, 1.165) is 10.7 Å². The van der Waals surface area contributed by atoms with Gasteiger partial charge in [0.15, 0.2) is 0 Å². The van der Waals surface area contributed by atoms with Gasteiger partial charge in [0.1, 0.15) is 0 Å². The van der Waals surface area contributed by atoms with Gasteiger partial charge in [-0.25, -0.2) is 0 Å². The number of benzene rings is 2. The third-order valence-electron chi connectivity index (χ3n) is 2.57. The van der Waals surface area contributed by atoms with E-state index in [-0.39, 0.29) is 0 Å². The molecule has 0 N–H and O–H groups in total. The second kappa shape index (κ2) is 5.89. The molecule has 0 saturated carbocycles. The normalized spacial score (nSPS) is 11.7. The third kappa shape index (κ3) is 3.26. The molecule has 0 bridgehead atoms. The van der Waals surface area contributed by atoms with Crippen molar-refractivity contribution in [3.63, 3.8) is 0 Å². The van der Waals surface area contributed by atoms with E-state index in [1.165, 1.54) is 14.0 Å². The molecule has 0 aliphatic carbocycles. The summed E-state index contributed by atoms with van der Waals surface area (Å²) in [7, 11) is 0. The Bertz CT molecular complexity index is 729. The number of nitrogens with zero attached hydrogens (tertiary/aromatic N) is 1. The average molecular weight is 351 g/mol. The van der Waals surface area contributed by atoms with Crippen LogP contribution < -0.4 is 3.54 Å². The number of hydrogen-bond acceptors (Lipinski definition) is 2. The first-order chi connectivity index (χ1) is 9.31. The molecule has 1 heterocycles. The summed E-state index contributed by atoms with van der Waals surface area (Å²) in [6, 6.07) is 18.1. The number of rotatable bonds is 2. The molecule has 19 heavy (non-hydrogen) atoms. The van der Waals surface area contributed by atoms with Crippen molar-refractivity contribution in [1.29, 1.82) is 0 Å². The van der Waals surface area contributed by atoms with E-state index in [1.807, 2.05) is 42.5 Å². The molecule has 0 unspecified atom stereocenters. The van der Waals surface area contributed by atoms with Crippen LogP contribution in [0.1, 0.15) is 0 Å². The Kier molecular flexibility index (Phi) is 4.00. The fourth-order valence-electron chi connectivity index (χ4n) is 1.64. The predicted molar refractivity (Wildman–Crippen MR) is 83.4 cm³/mol. The number of halogens is 1. The Hall–Kier alpha value is -1.12. The molecular weight excluding hydrogens is 341 g/mol. The van der Waals surface area contributed by atoms with Crippen molar-refractivity contribution in [2.45, 2.75) is 0 Å². The van der Waals surface area contributed by atoms with Crippen LogP contribution in [0.15, 0.2) is 64.5 Å². The summed E-state index contributed by atoms with van der Waals surface area (Å²) in [6.45, 7) is 0. The molecule has 0 spiro atoms. The topological polar surface area (TPSA) is 12.4 Å². The third-order valence-corrected chi connectivity index (χ3v) is 6.38. The minimum absolute atomic E-state index is 0.329. The summed E-state index contributed by atoms with van der Waals surface area (Å²) in [5.41, 5.74) is 2.24. The van der Waals surface area contributed by atoms with Crippen LogP contribution in [0.3, 0.4) is 0 Å². The molecule has 3 rings (SSSR count). The molecule has 2 aromatic carbocycles. The maximum absolute atomic E-state index is 5.91. The van der Waals surface area contributed by atoms with Gasteiger partial charge in [0.2, 0.25) is 0 Å². The molecule has 0 amide bonds. The molecule has 94 valence electrons. The first-order valence-corrected chi connectivity index (χ1v) is 8.80. The van der Waals surface area contributed by atoms with Crippen LogP contribution in [0.25, 0.3) is 10.4 Å². The molecule has 0 aliphatic rings. The van der Waals surface area contributed by atoms with Crippen LogP contribution in [-0.2, 0) is 0 Å². The van der Waals surface area contributed by atoms with Crippen molar-refractivity contribution in [2.75, 3.05) is 0 Å². The minimum atomic E-state index is 0.329. The molecule has 0 saturated heterocycles. The molecule has 0 fully saturated rings.